The van der Waals surface area contributed by atoms with E-state index in [-0.39, 0.29) is 6.10 Å². The number of aromatic nitrogens is 2. The van der Waals surface area contributed by atoms with Crippen LogP contribution in [0, 0.1) is 0 Å². The molecule has 0 amide bonds. The Labute approximate surface area is 125 Å². The first kappa shape index (κ1) is 15.7. The molecule has 5 nitrogen and oxygen atoms in total. The molecular formula is C16H23N3O2. The lowest BCUT2D eigenvalue weighted by Crippen LogP contribution is -2.23. The lowest BCUT2D eigenvalue weighted by Gasteiger charge is -2.10. The second kappa shape index (κ2) is 7.90. The minimum absolute atomic E-state index is 0.280. The maximum atomic E-state index is 5.50. The molecule has 0 saturated carbocycles. The van der Waals surface area contributed by atoms with E-state index in [1.807, 2.05) is 30.3 Å². The average molecular weight is 289 g/mol. The summed E-state index contributed by atoms with van der Waals surface area (Å²) < 4.78 is 10.8. The first-order valence-electron chi connectivity index (χ1n) is 7.34. The number of ether oxygens (including phenoxy) is 1. The first-order valence-corrected chi connectivity index (χ1v) is 7.34. The van der Waals surface area contributed by atoms with E-state index >= 15 is 0 Å². The van der Waals surface area contributed by atoms with Crippen LogP contribution in [-0.4, -0.2) is 29.8 Å². The van der Waals surface area contributed by atoms with Gasteiger partial charge in [-0.2, -0.15) is 4.98 Å². The van der Waals surface area contributed by atoms with Crippen molar-refractivity contribution in [1.82, 2.24) is 15.5 Å². The number of nitrogens with one attached hydrogen (secondary N) is 1. The highest BCUT2D eigenvalue weighted by Crippen LogP contribution is 2.22. The molecule has 5 heteroatoms. The van der Waals surface area contributed by atoms with Gasteiger partial charge < -0.3 is 14.6 Å². The molecule has 2 rings (SSSR count). The second-order valence-electron chi connectivity index (χ2n) is 5.29. The summed E-state index contributed by atoms with van der Waals surface area (Å²) in [7, 11) is 1.65. The van der Waals surface area contributed by atoms with Crippen molar-refractivity contribution in [2.24, 2.45) is 0 Å². The van der Waals surface area contributed by atoms with E-state index in [4.69, 9.17) is 9.26 Å². The third-order valence-corrected chi connectivity index (χ3v) is 3.18. The molecule has 21 heavy (non-hydrogen) atoms. The summed E-state index contributed by atoms with van der Waals surface area (Å²) in [5, 5.41) is 7.41. The Balaban J connectivity index is 1.95. The minimum atomic E-state index is -0.280. The van der Waals surface area contributed by atoms with Crippen molar-refractivity contribution < 1.29 is 9.26 Å². The van der Waals surface area contributed by atoms with Gasteiger partial charge in [-0.05, 0) is 18.5 Å². The van der Waals surface area contributed by atoms with Crippen molar-refractivity contribution in [2.45, 2.75) is 38.8 Å². The predicted molar refractivity (Wildman–Crippen MR) is 81.1 cm³/mol. The van der Waals surface area contributed by atoms with Gasteiger partial charge in [-0.3, -0.25) is 0 Å². The predicted octanol–water partition coefficient (Wildman–Crippen LogP) is 2.74. The number of methoxy groups -OCH3 is 1. The molecular weight excluding hydrogens is 266 g/mol. The van der Waals surface area contributed by atoms with Crippen LogP contribution < -0.4 is 5.32 Å². The molecule has 0 fully saturated rings. The number of rotatable bonds is 8. The van der Waals surface area contributed by atoms with E-state index in [1.54, 1.807) is 7.11 Å². The van der Waals surface area contributed by atoms with Gasteiger partial charge in [0.05, 0.1) is 0 Å². The first-order chi connectivity index (χ1) is 10.2. The SMILES string of the molecule is COC(c1ccccc1)c1noc(CCCNC(C)C)n1. The number of benzene rings is 1. The van der Waals surface area contributed by atoms with Gasteiger partial charge in [-0.25, -0.2) is 0 Å². The van der Waals surface area contributed by atoms with Crippen LogP contribution in [0.3, 0.4) is 0 Å². The van der Waals surface area contributed by atoms with Gasteiger partial charge in [0.2, 0.25) is 11.7 Å². The van der Waals surface area contributed by atoms with Crippen molar-refractivity contribution in [3.05, 3.63) is 47.6 Å². The third-order valence-electron chi connectivity index (χ3n) is 3.18. The van der Waals surface area contributed by atoms with Gasteiger partial charge in [0.25, 0.3) is 0 Å². The number of hydrogen-bond acceptors (Lipinski definition) is 5. The fourth-order valence-electron chi connectivity index (χ4n) is 2.12. The Bertz CT molecular complexity index is 525. The standard InChI is InChI=1S/C16H23N3O2/c1-12(2)17-11-7-10-14-18-16(19-21-14)15(20-3)13-8-5-4-6-9-13/h4-6,8-9,12,15,17H,7,10-11H2,1-3H3. The molecule has 2 aromatic rings. The van der Waals surface area contributed by atoms with Gasteiger partial charge in [0, 0.05) is 19.6 Å². The van der Waals surface area contributed by atoms with E-state index in [0.717, 1.165) is 24.9 Å². The van der Waals surface area contributed by atoms with Crippen LogP contribution in [0.1, 0.15) is 43.7 Å². The Hall–Kier alpha value is -1.72. The molecule has 0 radical (unpaired) electrons. The third kappa shape index (κ3) is 4.65. The van der Waals surface area contributed by atoms with Gasteiger partial charge in [-0.1, -0.05) is 49.3 Å². The lowest BCUT2D eigenvalue weighted by molar-refractivity contribution is 0.126. The summed E-state index contributed by atoms with van der Waals surface area (Å²) >= 11 is 0. The summed E-state index contributed by atoms with van der Waals surface area (Å²) in [6, 6.07) is 10.4. The van der Waals surface area contributed by atoms with Crippen molar-refractivity contribution in [2.75, 3.05) is 13.7 Å². The summed E-state index contributed by atoms with van der Waals surface area (Å²) in [5.41, 5.74) is 1.02. The Kier molecular flexibility index (Phi) is 5.90. The summed E-state index contributed by atoms with van der Waals surface area (Å²) in [6.45, 7) is 5.21. The van der Waals surface area contributed by atoms with Crippen LogP contribution in [0.15, 0.2) is 34.9 Å². The maximum Gasteiger partial charge on any atom is 0.226 e. The Morgan fingerprint density at radius 2 is 2.00 bits per heavy atom. The molecule has 0 spiro atoms. The molecule has 0 aliphatic rings. The van der Waals surface area contributed by atoms with Crippen LogP contribution in [0.4, 0.5) is 0 Å². The van der Waals surface area contributed by atoms with Gasteiger partial charge in [0.1, 0.15) is 6.10 Å². The number of aryl methyl sites for hydroxylation is 1. The lowest BCUT2D eigenvalue weighted by atomic mass is 10.1. The summed E-state index contributed by atoms with van der Waals surface area (Å²) in [6.07, 6.45) is 1.47. The van der Waals surface area contributed by atoms with E-state index < -0.39 is 0 Å². The minimum Gasteiger partial charge on any atom is -0.369 e. The molecule has 1 aromatic carbocycles. The van der Waals surface area contributed by atoms with Crippen LogP contribution >= 0.6 is 0 Å². The molecule has 0 aliphatic carbocycles. The quantitative estimate of drug-likeness (QED) is 0.757. The van der Waals surface area contributed by atoms with E-state index in [2.05, 4.69) is 29.3 Å². The second-order valence-corrected chi connectivity index (χ2v) is 5.29. The molecule has 0 saturated heterocycles. The van der Waals surface area contributed by atoms with Crippen LogP contribution in [0.2, 0.25) is 0 Å². The molecule has 1 N–H and O–H groups in total. The maximum absolute atomic E-state index is 5.50. The molecule has 0 aliphatic heterocycles. The topological polar surface area (TPSA) is 60.2 Å². The van der Waals surface area contributed by atoms with Crippen molar-refractivity contribution in [3.63, 3.8) is 0 Å². The fourth-order valence-corrected chi connectivity index (χ4v) is 2.12. The largest absolute Gasteiger partial charge is 0.369 e. The van der Waals surface area contributed by atoms with E-state index in [9.17, 15) is 0 Å². The zero-order chi connectivity index (χ0) is 15.1. The molecule has 1 heterocycles. The van der Waals surface area contributed by atoms with Crippen LogP contribution in [0.5, 0.6) is 0 Å². The van der Waals surface area contributed by atoms with Crippen molar-refractivity contribution in [3.8, 4) is 0 Å². The van der Waals surface area contributed by atoms with Gasteiger partial charge >= 0.3 is 0 Å². The monoisotopic (exact) mass is 289 g/mol. The zero-order valence-electron chi connectivity index (χ0n) is 12.9. The van der Waals surface area contributed by atoms with Gasteiger partial charge in [0.15, 0.2) is 0 Å². The van der Waals surface area contributed by atoms with Crippen LogP contribution in [0.25, 0.3) is 0 Å². The van der Waals surface area contributed by atoms with Crippen LogP contribution in [-0.2, 0) is 11.2 Å². The smallest absolute Gasteiger partial charge is 0.226 e. The molecule has 0 bridgehead atoms. The Morgan fingerprint density at radius 3 is 2.67 bits per heavy atom. The van der Waals surface area contributed by atoms with E-state index in [0.29, 0.717) is 17.8 Å². The average Bonchev–Trinajstić information content (AvgIpc) is 2.94. The molecule has 1 atom stereocenters. The zero-order valence-corrected chi connectivity index (χ0v) is 12.9. The summed E-state index contributed by atoms with van der Waals surface area (Å²) in [5.74, 6) is 1.24. The highest BCUT2D eigenvalue weighted by atomic mass is 16.5. The molecule has 1 aromatic heterocycles. The van der Waals surface area contributed by atoms with Crippen molar-refractivity contribution in [1.29, 1.82) is 0 Å². The van der Waals surface area contributed by atoms with E-state index in [1.165, 1.54) is 0 Å². The Morgan fingerprint density at radius 1 is 1.24 bits per heavy atom. The number of hydrogen-bond donors (Lipinski definition) is 1. The fraction of sp³-hybridized carbons (Fsp3) is 0.500. The number of nitrogens with zero attached hydrogens (tertiary/aromatic N) is 2. The molecule has 1 unspecified atom stereocenters. The van der Waals surface area contributed by atoms with Gasteiger partial charge in [-0.15, -0.1) is 0 Å². The highest BCUT2D eigenvalue weighted by molar-refractivity contribution is 5.22. The normalized spacial score (nSPS) is 12.8. The molecule has 114 valence electrons. The highest BCUT2D eigenvalue weighted by Gasteiger charge is 2.19. The van der Waals surface area contributed by atoms with Crippen molar-refractivity contribution >= 4 is 0 Å². The summed E-state index contributed by atoms with van der Waals surface area (Å²) in [4.78, 5) is 4.44.